The molecule has 3 aromatic rings. The first-order valence-corrected chi connectivity index (χ1v) is 15.6. The number of fused-ring (bicyclic) bond motifs is 1. The average molecular weight is 556 g/mol. The van der Waals surface area contributed by atoms with Gasteiger partial charge in [0.1, 0.15) is 18.5 Å². The molecule has 2 aliphatic heterocycles. The second-order valence-electron chi connectivity index (χ2n) is 10.1. The van der Waals surface area contributed by atoms with Crippen molar-refractivity contribution in [2.45, 2.75) is 56.6 Å². The second-order valence-corrected chi connectivity index (χ2v) is 13.6. The number of carbonyl (C=O) groups is 1. The summed E-state index contributed by atoms with van der Waals surface area (Å²) in [5.41, 5.74) is 6.52. The molecule has 2 aliphatic rings. The number of ether oxygens (including phenoxy) is 2. The Labute approximate surface area is 229 Å². The molecular weight excluding hydrogens is 522 g/mol. The van der Waals surface area contributed by atoms with Crippen molar-refractivity contribution in [3.63, 3.8) is 0 Å². The number of aryl methyl sites for hydroxylation is 2. The molecule has 3 heterocycles. The highest BCUT2D eigenvalue weighted by atomic mass is 32.3. The summed E-state index contributed by atoms with van der Waals surface area (Å²) in [6, 6.07) is 14.3. The van der Waals surface area contributed by atoms with Crippen molar-refractivity contribution in [2.24, 2.45) is 0 Å². The zero-order valence-electron chi connectivity index (χ0n) is 21.6. The maximum absolute atomic E-state index is 11.1. The zero-order valence-corrected chi connectivity index (χ0v) is 23.2. The van der Waals surface area contributed by atoms with Crippen LogP contribution in [0.2, 0.25) is 0 Å². The number of thioether (sulfide) groups is 1. The van der Waals surface area contributed by atoms with Crippen LogP contribution in [-0.4, -0.2) is 48.5 Å². The summed E-state index contributed by atoms with van der Waals surface area (Å²) in [6.07, 6.45) is 3.20. The van der Waals surface area contributed by atoms with Crippen LogP contribution in [0.3, 0.4) is 0 Å². The maximum atomic E-state index is 11.1. The van der Waals surface area contributed by atoms with Crippen LogP contribution in [0.15, 0.2) is 53.6 Å². The number of hydrogen-bond donors (Lipinski definition) is 3. The molecule has 202 valence electrons. The molecule has 0 amide bonds. The number of pyridine rings is 1. The fourth-order valence-corrected chi connectivity index (χ4v) is 7.95. The first-order valence-electron chi connectivity index (χ1n) is 12.7. The van der Waals surface area contributed by atoms with E-state index in [4.69, 9.17) is 14.6 Å². The third kappa shape index (κ3) is 6.29. The van der Waals surface area contributed by atoms with Crippen molar-refractivity contribution in [3.05, 3.63) is 70.9 Å². The minimum absolute atomic E-state index is 0.00166. The summed E-state index contributed by atoms with van der Waals surface area (Å²) in [5, 5.41) is 9.12. The molecule has 0 spiro atoms. The first-order chi connectivity index (χ1) is 18.2. The standard InChI is InChI=1S/C29H33NO6S2/c1-18-10-24(36-23-6-8-38(33,34)9-7-23)11-19(2)29(18)21-5-3-4-20(12-21)16-35-27-14-26-25(15-30-27)22(17-37-26)13-28(31)32/h3-5,10-12,14-15,22-23,33-34H,6-9,13,16-17H2,1-2H3,(H,31,32). The number of nitrogens with zero attached hydrogens (tertiary/aromatic N) is 1. The van der Waals surface area contributed by atoms with Gasteiger partial charge < -0.3 is 14.6 Å². The molecular formula is C29H33NO6S2. The lowest BCUT2D eigenvalue weighted by Gasteiger charge is -2.39. The molecule has 0 aliphatic carbocycles. The Kier molecular flexibility index (Phi) is 7.90. The number of benzene rings is 2. The summed E-state index contributed by atoms with van der Waals surface area (Å²) < 4.78 is 31.9. The summed E-state index contributed by atoms with van der Waals surface area (Å²) >= 11 is 1.65. The predicted molar refractivity (Wildman–Crippen MR) is 152 cm³/mol. The number of carboxylic acids is 1. The Morgan fingerprint density at radius 3 is 2.55 bits per heavy atom. The van der Waals surface area contributed by atoms with Crippen molar-refractivity contribution >= 4 is 28.3 Å². The molecule has 1 fully saturated rings. The zero-order chi connectivity index (χ0) is 26.9. The summed E-state index contributed by atoms with van der Waals surface area (Å²) in [7, 11) is -2.42. The minimum atomic E-state index is -2.42. The van der Waals surface area contributed by atoms with Gasteiger partial charge in [0.15, 0.2) is 0 Å². The lowest BCUT2D eigenvalue weighted by Crippen LogP contribution is -2.28. The van der Waals surface area contributed by atoms with Crippen molar-refractivity contribution < 1.29 is 28.5 Å². The summed E-state index contributed by atoms with van der Waals surface area (Å²) in [6.45, 7) is 4.54. The van der Waals surface area contributed by atoms with E-state index in [9.17, 15) is 13.9 Å². The lowest BCUT2D eigenvalue weighted by atomic mass is 9.94. The van der Waals surface area contributed by atoms with Gasteiger partial charge in [-0.25, -0.2) is 4.98 Å². The SMILES string of the molecule is Cc1cc(OC2CCS(O)(O)CC2)cc(C)c1-c1cccc(COc2cc3c(cn2)C(CC(=O)O)CS3)c1. The van der Waals surface area contributed by atoms with Crippen LogP contribution in [0.5, 0.6) is 11.6 Å². The Balaban J connectivity index is 1.25. The molecule has 1 aromatic heterocycles. The van der Waals surface area contributed by atoms with Gasteiger partial charge in [-0.05, 0) is 65.4 Å². The molecule has 1 unspecified atom stereocenters. The van der Waals surface area contributed by atoms with E-state index in [-0.39, 0.29) is 18.4 Å². The van der Waals surface area contributed by atoms with Crippen molar-refractivity contribution in [1.82, 2.24) is 4.98 Å². The van der Waals surface area contributed by atoms with E-state index in [1.54, 1.807) is 18.0 Å². The van der Waals surface area contributed by atoms with Crippen LogP contribution in [0, 0.1) is 13.8 Å². The van der Waals surface area contributed by atoms with Crippen molar-refractivity contribution in [3.8, 4) is 22.8 Å². The largest absolute Gasteiger partial charge is 0.490 e. The maximum Gasteiger partial charge on any atom is 0.303 e. The van der Waals surface area contributed by atoms with Gasteiger partial charge in [-0.3, -0.25) is 13.9 Å². The molecule has 2 aromatic carbocycles. The van der Waals surface area contributed by atoms with Crippen LogP contribution in [0.1, 0.15) is 47.4 Å². The van der Waals surface area contributed by atoms with Crippen LogP contribution in [0.4, 0.5) is 0 Å². The number of hydrogen-bond acceptors (Lipinski definition) is 7. The van der Waals surface area contributed by atoms with E-state index in [1.165, 1.54) is 0 Å². The summed E-state index contributed by atoms with van der Waals surface area (Å²) in [4.78, 5) is 16.6. The van der Waals surface area contributed by atoms with E-state index in [0.717, 1.165) is 49.8 Å². The predicted octanol–water partition coefficient (Wildman–Crippen LogP) is 6.90. The molecule has 0 saturated carbocycles. The Bertz CT molecular complexity index is 1310. The lowest BCUT2D eigenvalue weighted by molar-refractivity contribution is -0.137. The molecule has 9 heteroatoms. The van der Waals surface area contributed by atoms with Crippen LogP contribution in [0.25, 0.3) is 11.1 Å². The van der Waals surface area contributed by atoms with Crippen LogP contribution < -0.4 is 9.47 Å². The van der Waals surface area contributed by atoms with E-state index in [2.05, 4.69) is 43.1 Å². The quantitative estimate of drug-likeness (QED) is 0.275. The second kappa shape index (κ2) is 11.2. The normalized spacial score (nSPS) is 19.5. The molecule has 1 atom stereocenters. The average Bonchev–Trinajstić information content (AvgIpc) is 3.25. The fraction of sp³-hybridized carbons (Fsp3) is 0.379. The molecule has 0 bridgehead atoms. The molecule has 1 saturated heterocycles. The number of aliphatic carboxylic acids is 1. The van der Waals surface area contributed by atoms with Gasteiger partial charge in [0, 0.05) is 53.2 Å². The van der Waals surface area contributed by atoms with Gasteiger partial charge in [-0.1, -0.05) is 18.2 Å². The molecule has 38 heavy (non-hydrogen) atoms. The summed E-state index contributed by atoms with van der Waals surface area (Å²) in [5.74, 6) is 2.14. The first kappa shape index (κ1) is 26.9. The highest BCUT2D eigenvalue weighted by Crippen LogP contribution is 2.45. The highest BCUT2D eigenvalue weighted by molar-refractivity contribution is 8.24. The van der Waals surface area contributed by atoms with Crippen LogP contribution >= 0.6 is 22.4 Å². The van der Waals surface area contributed by atoms with E-state index in [0.29, 0.717) is 36.8 Å². The smallest absolute Gasteiger partial charge is 0.303 e. The number of aromatic nitrogens is 1. The minimum Gasteiger partial charge on any atom is -0.490 e. The monoisotopic (exact) mass is 555 g/mol. The van der Waals surface area contributed by atoms with Gasteiger partial charge in [0.05, 0.1) is 6.42 Å². The third-order valence-electron chi connectivity index (χ3n) is 7.12. The van der Waals surface area contributed by atoms with Crippen molar-refractivity contribution in [1.29, 1.82) is 0 Å². The topological polar surface area (TPSA) is 109 Å². The van der Waals surface area contributed by atoms with Gasteiger partial charge >= 0.3 is 5.97 Å². The highest BCUT2D eigenvalue weighted by Gasteiger charge is 2.27. The Morgan fingerprint density at radius 1 is 1.11 bits per heavy atom. The van der Waals surface area contributed by atoms with Crippen LogP contribution in [-0.2, 0) is 11.4 Å². The molecule has 0 radical (unpaired) electrons. The number of rotatable bonds is 8. The third-order valence-corrected chi connectivity index (χ3v) is 10.1. The van der Waals surface area contributed by atoms with Crippen molar-refractivity contribution in [2.75, 3.05) is 17.3 Å². The van der Waals surface area contributed by atoms with E-state index < -0.39 is 16.6 Å². The van der Waals surface area contributed by atoms with E-state index >= 15 is 0 Å². The van der Waals surface area contributed by atoms with Gasteiger partial charge in [-0.2, -0.15) is 10.6 Å². The van der Waals surface area contributed by atoms with Gasteiger partial charge in [-0.15, -0.1) is 11.8 Å². The molecule has 5 rings (SSSR count). The van der Waals surface area contributed by atoms with E-state index in [1.807, 2.05) is 18.2 Å². The Morgan fingerprint density at radius 2 is 1.84 bits per heavy atom. The molecule has 3 N–H and O–H groups in total. The Hall–Kier alpha value is -2.72. The number of carboxylic acid groups (broad SMARTS) is 1. The van der Waals surface area contributed by atoms with Gasteiger partial charge in [0.25, 0.3) is 0 Å². The van der Waals surface area contributed by atoms with Gasteiger partial charge in [0.2, 0.25) is 5.88 Å². The molecule has 7 nitrogen and oxygen atoms in total. The fourth-order valence-electron chi connectivity index (χ4n) is 5.22.